The predicted molar refractivity (Wildman–Crippen MR) is 137 cm³/mol. The molecule has 0 saturated heterocycles. The summed E-state index contributed by atoms with van der Waals surface area (Å²) in [4.78, 5) is 36.3. The van der Waals surface area contributed by atoms with Crippen molar-refractivity contribution in [2.45, 2.75) is 0 Å². The van der Waals surface area contributed by atoms with Crippen LogP contribution in [0.25, 0.3) is 45.7 Å². The largest absolute Gasteiger partial charge is 0.478 e. The Morgan fingerprint density at radius 2 is 1.17 bits per heavy atom. The average molecular weight is 473 g/mol. The second-order valence-electron chi connectivity index (χ2n) is 8.08. The summed E-state index contributed by atoms with van der Waals surface area (Å²) in [5.41, 5.74) is 3.26. The monoisotopic (exact) mass is 473 g/mol. The summed E-state index contributed by atoms with van der Waals surface area (Å²) in [6.45, 7) is 0. The molecule has 2 N–H and O–H groups in total. The van der Waals surface area contributed by atoms with Gasteiger partial charge >= 0.3 is 11.9 Å². The molecular weight excluding hydrogens is 454 g/mol. The van der Waals surface area contributed by atoms with Gasteiger partial charge in [0.05, 0.1) is 33.9 Å². The quantitative estimate of drug-likeness (QED) is 0.314. The van der Waals surface area contributed by atoms with Gasteiger partial charge in [-0.05, 0) is 64.4 Å². The Balaban J connectivity index is 1.51. The number of carboxylic acid groups (broad SMARTS) is 2. The number of carbonyl (C=O) groups is 2. The number of aromatic nitrogens is 3. The first-order chi connectivity index (χ1) is 17.5. The van der Waals surface area contributed by atoms with Gasteiger partial charge in [0, 0.05) is 12.4 Å². The van der Waals surface area contributed by atoms with Crippen LogP contribution >= 0.6 is 0 Å². The third-order valence-corrected chi connectivity index (χ3v) is 5.63. The van der Waals surface area contributed by atoms with E-state index in [-0.39, 0.29) is 22.5 Å². The Labute approximate surface area is 206 Å². The summed E-state index contributed by atoms with van der Waals surface area (Å²) in [6.07, 6.45) is 6.94. The van der Waals surface area contributed by atoms with Crippen LogP contribution < -0.4 is 0 Å². The van der Waals surface area contributed by atoms with Gasteiger partial charge in [-0.2, -0.15) is 0 Å². The summed E-state index contributed by atoms with van der Waals surface area (Å²) < 4.78 is 0. The van der Waals surface area contributed by atoms with Crippen LogP contribution in [0.4, 0.5) is 0 Å². The molecule has 0 aliphatic carbocycles. The second kappa shape index (κ2) is 9.60. The summed E-state index contributed by atoms with van der Waals surface area (Å²) >= 11 is 0. The van der Waals surface area contributed by atoms with E-state index in [1.807, 2.05) is 42.5 Å². The molecule has 3 aromatic heterocycles. The Hall–Kier alpha value is -5.17. The number of hydrogen-bond donors (Lipinski definition) is 2. The Bertz CT molecular complexity index is 1660. The number of benzene rings is 2. The zero-order valence-corrected chi connectivity index (χ0v) is 18.9. The minimum absolute atomic E-state index is 0.00330. The molecule has 0 radical (unpaired) electrons. The Morgan fingerprint density at radius 1 is 0.583 bits per heavy atom. The second-order valence-corrected chi connectivity index (χ2v) is 8.08. The number of rotatable bonds is 6. The van der Waals surface area contributed by atoms with Gasteiger partial charge in [-0.1, -0.05) is 48.6 Å². The highest BCUT2D eigenvalue weighted by Crippen LogP contribution is 2.25. The molecule has 0 amide bonds. The van der Waals surface area contributed by atoms with Crippen molar-refractivity contribution in [3.8, 4) is 22.8 Å². The van der Waals surface area contributed by atoms with Crippen LogP contribution in [0.3, 0.4) is 0 Å². The van der Waals surface area contributed by atoms with Gasteiger partial charge in [-0.15, -0.1) is 0 Å². The standard InChI is InChI=1S/C29H19N3O4/c33-28(34)22-10-12-31-25(15-22)27-17-23(29(35)36)16-26(32-27)24-14-19(9-11-30-24)6-5-18-7-8-20-3-1-2-4-21(20)13-18/h1-17H,(H,33,34)(H,35,36)/b6-5+. The van der Waals surface area contributed by atoms with Gasteiger partial charge in [-0.25, -0.2) is 14.6 Å². The van der Waals surface area contributed by atoms with Crippen LogP contribution in [0.15, 0.2) is 91.3 Å². The minimum atomic E-state index is -1.14. The van der Waals surface area contributed by atoms with Gasteiger partial charge < -0.3 is 10.2 Å². The highest BCUT2D eigenvalue weighted by atomic mass is 16.4. The third kappa shape index (κ3) is 4.85. The maximum Gasteiger partial charge on any atom is 0.335 e. The van der Waals surface area contributed by atoms with Crippen LogP contribution in [-0.4, -0.2) is 37.1 Å². The smallest absolute Gasteiger partial charge is 0.335 e. The number of fused-ring (bicyclic) bond motifs is 1. The molecule has 5 rings (SSSR count). The molecule has 5 aromatic rings. The van der Waals surface area contributed by atoms with E-state index in [0.717, 1.165) is 16.5 Å². The van der Waals surface area contributed by atoms with Crippen molar-refractivity contribution in [1.29, 1.82) is 0 Å². The SMILES string of the molecule is O=C(O)c1ccnc(-c2cc(C(=O)O)cc(-c3cc(/C=C/c4ccc5ccccc5c4)ccn3)n2)c1. The highest BCUT2D eigenvalue weighted by Gasteiger charge is 2.14. The third-order valence-electron chi connectivity index (χ3n) is 5.63. The van der Waals surface area contributed by atoms with Gasteiger partial charge in [0.1, 0.15) is 0 Å². The molecule has 0 bridgehead atoms. The molecule has 0 atom stereocenters. The molecule has 174 valence electrons. The molecule has 0 aliphatic rings. The minimum Gasteiger partial charge on any atom is -0.478 e. The Morgan fingerprint density at radius 3 is 1.86 bits per heavy atom. The molecule has 2 aromatic carbocycles. The van der Waals surface area contributed by atoms with Crippen LogP contribution in [-0.2, 0) is 0 Å². The molecule has 0 aliphatic heterocycles. The van der Waals surface area contributed by atoms with E-state index in [9.17, 15) is 19.8 Å². The van der Waals surface area contributed by atoms with E-state index in [2.05, 4.69) is 39.2 Å². The van der Waals surface area contributed by atoms with Crippen molar-refractivity contribution < 1.29 is 19.8 Å². The fourth-order valence-corrected chi connectivity index (χ4v) is 3.81. The van der Waals surface area contributed by atoms with E-state index in [1.54, 1.807) is 6.20 Å². The lowest BCUT2D eigenvalue weighted by atomic mass is 10.1. The summed E-state index contributed by atoms with van der Waals surface area (Å²) in [5.74, 6) is -2.25. The van der Waals surface area contributed by atoms with Crippen LogP contribution in [0.5, 0.6) is 0 Å². The van der Waals surface area contributed by atoms with Crippen molar-refractivity contribution in [1.82, 2.24) is 15.0 Å². The van der Waals surface area contributed by atoms with E-state index in [1.165, 1.54) is 35.8 Å². The van der Waals surface area contributed by atoms with Gasteiger partial charge in [0.2, 0.25) is 0 Å². The van der Waals surface area contributed by atoms with Gasteiger partial charge in [0.15, 0.2) is 0 Å². The van der Waals surface area contributed by atoms with Crippen molar-refractivity contribution in [3.63, 3.8) is 0 Å². The molecule has 0 fully saturated rings. The van der Waals surface area contributed by atoms with Crippen LogP contribution in [0, 0.1) is 0 Å². The summed E-state index contributed by atoms with van der Waals surface area (Å²) in [7, 11) is 0. The predicted octanol–water partition coefficient (Wildman–Crippen LogP) is 5.93. The molecule has 0 spiro atoms. The topological polar surface area (TPSA) is 113 Å². The first-order valence-corrected chi connectivity index (χ1v) is 11.0. The summed E-state index contributed by atoms with van der Waals surface area (Å²) in [6, 6.07) is 23.6. The highest BCUT2D eigenvalue weighted by molar-refractivity contribution is 5.92. The number of carboxylic acids is 2. The van der Waals surface area contributed by atoms with Crippen molar-refractivity contribution in [2.24, 2.45) is 0 Å². The first-order valence-electron chi connectivity index (χ1n) is 11.0. The number of aromatic carboxylic acids is 2. The van der Waals surface area contributed by atoms with E-state index >= 15 is 0 Å². The molecule has 36 heavy (non-hydrogen) atoms. The average Bonchev–Trinajstić information content (AvgIpc) is 2.91. The lowest BCUT2D eigenvalue weighted by Gasteiger charge is -2.08. The van der Waals surface area contributed by atoms with E-state index in [4.69, 9.17) is 0 Å². The molecule has 0 unspecified atom stereocenters. The normalized spacial score (nSPS) is 11.1. The van der Waals surface area contributed by atoms with Gasteiger partial charge in [-0.3, -0.25) is 9.97 Å². The lowest BCUT2D eigenvalue weighted by molar-refractivity contribution is 0.0686. The van der Waals surface area contributed by atoms with E-state index in [0.29, 0.717) is 11.4 Å². The van der Waals surface area contributed by atoms with E-state index < -0.39 is 11.9 Å². The molecular formula is C29H19N3O4. The summed E-state index contributed by atoms with van der Waals surface area (Å²) in [5, 5.41) is 21.2. The van der Waals surface area contributed by atoms with Crippen molar-refractivity contribution in [3.05, 3.63) is 114 Å². The number of pyridine rings is 3. The molecule has 7 nitrogen and oxygen atoms in total. The van der Waals surface area contributed by atoms with Gasteiger partial charge in [0.25, 0.3) is 0 Å². The zero-order chi connectivity index (χ0) is 25.1. The lowest BCUT2D eigenvalue weighted by Crippen LogP contribution is -2.02. The fourth-order valence-electron chi connectivity index (χ4n) is 3.81. The number of nitrogens with zero attached hydrogens (tertiary/aromatic N) is 3. The van der Waals surface area contributed by atoms with Crippen molar-refractivity contribution >= 4 is 34.9 Å². The maximum absolute atomic E-state index is 11.8. The van der Waals surface area contributed by atoms with Crippen LogP contribution in [0.2, 0.25) is 0 Å². The Kier molecular flexibility index (Phi) is 6.03. The molecule has 7 heteroatoms. The zero-order valence-electron chi connectivity index (χ0n) is 18.9. The fraction of sp³-hybridized carbons (Fsp3) is 0. The van der Waals surface area contributed by atoms with Crippen LogP contribution in [0.1, 0.15) is 31.8 Å². The van der Waals surface area contributed by atoms with Crippen molar-refractivity contribution in [2.75, 3.05) is 0 Å². The maximum atomic E-state index is 11.8. The molecule has 0 saturated carbocycles. The molecule has 3 heterocycles. The first kappa shape index (κ1) is 22.6. The number of hydrogen-bond acceptors (Lipinski definition) is 5.